The number of rotatable bonds is 1. The van der Waals surface area contributed by atoms with Crippen LogP contribution < -0.4 is 0 Å². The van der Waals surface area contributed by atoms with Crippen molar-refractivity contribution < 1.29 is 28.8 Å². The molecule has 2 aromatic rings. The van der Waals surface area contributed by atoms with Crippen molar-refractivity contribution in [1.82, 2.24) is 0 Å². The van der Waals surface area contributed by atoms with Crippen LogP contribution in [0, 0.1) is 21.7 Å². The summed E-state index contributed by atoms with van der Waals surface area (Å²) in [6, 6.07) is 10.0. The number of Topliss-reactive ketones (excluding diaryl/α,β-unsaturated/α-hetero) is 6. The zero-order valence-corrected chi connectivity index (χ0v) is 32.2. The van der Waals surface area contributed by atoms with Gasteiger partial charge in [-0.05, 0) is 92.5 Å². The van der Waals surface area contributed by atoms with Gasteiger partial charge in [-0.2, -0.15) is 0 Å². The molecule has 6 rings (SSSR count). The lowest BCUT2D eigenvalue weighted by molar-refractivity contribution is -0.114. The quantitative estimate of drug-likeness (QED) is 0.218. The third kappa shape index (κ3) is 5.92. The van der Waals surface area contributed by atoms with Crippen molar-refractivity contribution in [2.75, 3.05) is 0 Å². The third-order valence-corrected chi connectivity index (χ3v) is 10.2. The molecule has 0 aromatic heterocycles. The summed E-state index contributed by atoms with van der Waals surface area (Å²) in [5, 5.41) is 0. The van der Waals surface area contributed by atoms with E-state index in [4.69, 9.17) is 0 Å². The molecule has 0 aliphatic heterocycles. The van der Waals surface area contributed by atoms with Crippen molar-refractivity contribution >= 4 is 34.7 Å². The molecule has 0 saturated heterocycles. The number of hydrogen-bond acceptors (Lipinski definition) is 6. The normalized spacial score (nSPS) is 18.5. The van der Waals surface area contributed by atoms with E-state index in [1.54, 1.807) is 60.7 Å². The van der Waals surface area contributed by atoms with Gasteiger partial charge in [-0.25, -0.2) is 0 Å². The Bertz CT molecular complexity index is 2060. The van der Waals surface area contributed by atoms with E-state index < -0.39 is 44.8 Å². The number of carbonyl (C=O) groups excluding carboxylic acids is 6. The second-order valence-electron chi connectivity index (χ2n) is 18.4. The number of carbonyl (C=O) groups is 6. The Balaban J connectivity index is 1.43. The smallest absolute Gasteiger partial charge is 0.198 e. The van der Waals surface area contributed by atoms with Crippen molar-refractivity contribution in [3.8, 4) is 11.1 Å². The fourth-order valence-electron chi connectivity index (χ4n) is 7.26. The zero-order chi connectivity index (χ0) is 38.6. The summed E-state index contributed by atoms with van der Waals surface area (Å²) in [5.74, 6) is -1.80. The highest BCUT2D eigenvalue weighted by atomic mass is 16.2. The molecule has 0 fully saturated rings. The van der Waals surface area contributed by atoms with Gasteiger partial charge in [0.25, 0.3) is 0 Å². The highest BCUT2D eigenvalue weighted by molar-refractivity contribution is 6.41. The summed E-state index contributed by atoms with van der Waals surface area (Å²) in [6.45, 7) is 23.3. The molecular weight excluding hydrogens is 649 g/mol. The molecule has 0 spiro atoms. The van der Waals surface area contributed by atoms with Crippen LogP contribution in [0.5, 0.6) is 0 Å². The molecule has 4 aliphatic carbocycles. The van der Waals surface area contributed by atoms with Gasteiger partial charge in [-0.1, -0.05) is 95.2 Å². The molecule has 0 atom stereocenters. The second-order valence-corrected chi connectivity index (χ2v) is 18.4. The summed E-state index contributed by atoms with van der Waals surface area (Å²) in [7, 11) is 0. The lowest BCUT2D eigenvalue weighted by Crippen LogP contribution is -2.28. The van der Waals surface area contributed by atoms with Crippen LogP contribution in [0.3, 0.4) is 0 Å². The van der Waals surface area contributed by atoms with Crippen LogP contribution in [0.4, 0.5) is 0 Å². The summed E-state index contributed by atoms with van der Waals surface area (Å²) in [4.78, 5) is 82.8. The van der Waals surface area contributed by atoms with Crippen molar-refractivity contribution in [3.63, 3.8) is 0 Å². The van der Waals surface area contributed by atoms with Gasteiger partial charge in [0.05, 0.1) is 11.1 Å². The number of hydrogen-bond donors (Lipinski definition) is 0. The molecule has 0 unspecified atom stereocenters. The lowest BCUT2D eigenvalue weighted by atomic mass is 9.71. The van der Waals surface area contributed by atoms with Crippen molar-refractivity contribution in [1.29, 1.82) is 0 Å². The molecule has 0 N–H and O–H groups in total. The van der Waals surface area contributed by atoms with E-state index in [9.17, 15) is 28.8 Å². The summed E-state index contributed by atoms with van der Waals surface area (Å²) >= 11 is 0. The van der Waals surface area contributed by atoms with E-state index in [-0.39, 0.29) is 45.0 Å². The maximum absolute atomic E-state index is 14.0. The molecule has 0 bridgehead atoms. The second kappa shape index (κ2) is 11.7. The monoisotopic (exact) mass is 694 g/mol. The van der Waals surface area contributed by atoms with Crippen LogP contribution in [0.2, 0.25) is 0 Å². The highest BCUT2D eigenvalue weighted by Crippen LogP contribution is 2.44. The fraction of sp³-hybridized carbons (Fsp3) is 0.348. The highest BCUT2D eigenvalue weighted by Gasteiger charge is 2.41. The largest absolute Gasteiger partial charge is 0.289 e. The van der Waals surface area contributed by atoms with Crippen LogP contribution >= 0.6 is 0 Å². The topological polar surface area (TPSA) is 102 Å². The van der Waals surface area contributed by atoms with Crippen molar-refractivity contribution in [2.24, 2.45) is 21.7 Å². The van der Waals surface area contributed by atoms with Crippen LogP contribution in [0.15, 0.2) is 105 Å². The predicted molar refractivity (Wildman–Crippen MR) is 203 cm³/mol. The lowest BCUT2D eigenvalue weighted by Gasteiger charge is -2.31. The van der Waals surface area contributed by atoms with E-state index in [0.29, 0.717) is 44.6 Å². The third-order valence-electron chi connectivity index (χ3n) is 10.2. The van der Waals surface area contributed by atoms with Gasteiger partial charge in [0.15, 0.2) is 34.7 Å². The van der Waals surface area contributed by atoms with Gasteiger partial charge in [0.2, 0.25) is 0 Å². The van der Waals surface area contributed by atoms with Gasteiger partial charge in [0, 0.05) is 44.5 Å². The minimum atomic E-state index is -0.509. The first-order valence-corrected chi connectivity index (χ1v) is 17.8. The van der Waals surface area contributed by atoms with Crippen LogP contribution in [0.1, 0.15) is 125 Å². The molecule has 2 aromatic carbocycles. The van der Waals surface area contributed by atoms with Gasteiger partial charge in [-0.3, -0.25) is 28.8 Å². The minimum Gasteiger partial charge on any atom is -0.289 e. The van der Waals surface area contributed by atoms with E-state index in [1.807, 2.05) is 83.1 Å². The standard InChI is InChI=1S/C46H46O6/c1-43(2,3)31-19-25(20-32(41(31)51)44(4,5)6)35-37(47)27-15-13-23(17-29(27)39(35)49)24-14-16-28-30(18-24)40(50)36(38(28)48)26-21-33(45(7,8)9)42(52)34(22-26)46(10,11)12/h13-22H,1-12H3. The zero-order valence-electron chi connectivity index (χ0n) is 32.2. The molecule has 6 heteroatoms. The maximum atomic E-state index is 14.0. The first-order chi connectivity index (χ1) is 23.8. The van der Waals surface area contributed by atoms with Crippen LogP contribution in [-0.4, -0.2) is 34.7 Å². The fourth-order valence-corrected chi connectivity index (χ4v) is 7.26. The molecular formula is C46H46O6. The van der Waals surface area contributed by atoms with Crippen molar-refractivity contribution in [2.45, 2.75) is 83.1 Å². The molecule has 0 heterocycles. The summed E-state index contributed by atoms with van der Waals surface area (Å²) in [6.07, 6.45) is 6.75. The molecule has 266 valence electrons. The van der Waals surface area contributed by atoms with E-state index in [1.165, 1.54) is 0 Å². The van der Waals surface area contributed by atoms with E-state index >= 15 is 0 Å². The summed E-state index contributed by atoms with van der Waals surface area (Å²) < 4.78 is 0. The van der Waals surface area contributed by atoms with Gasteiger partial charge >= 0.3 is 0 Å². The first kappa shape index (κ1) is 36.7. The Labute approximate surface area is 306 Å². The molecule has 52 heavy (non-hydrogen) atoms. The Morgan fingerprint density at radius 2 is 0.577 bits per heavy atom. The summed E-state index contributed by atoms with van der Waals surface area (Å²) in [5.41, 5.74) is 3.33. The average Bonchev–Trinajstić information content (AvgIpc) is 3.42. The van der Waals surface area contributed by atoms with E-state index in [2.05, 4.69) is 0 Å². The average molecular weight is 695 g/mol. The van der Waals surface area contributed by atoms with Gasteiger partial charge in [0.1, 0.15) is 0 Å². The molecule has 6 nitrogen and oxygen atoms in total. The van der Waals surface area contributed by atoms with Gasteiger partial charge in [-0.15, -0.1) is 0 Å². The Morgan fingerprint density at radius 1 is 0.327 bits per heavy atom. The minimum absolute atomic E-state index is 0.0328. The molecule has 0 amide bonds. The Hall–Kier alpha value is -5.10. The van der Waals surface area contributed by atoms with Crippen LogP contribution in [-0.2, 0) is 9.59 Å². The van der Waals surface area contributed by atoms with E-state index in [0.717, 1.165) is 0 Å². The predicted octanol–water partition coefficient (Wildman–Crippen LogP) is 9.76. The van der Waals surface area contributed by atoms with Crippen LogP contribution in [0.25, 0.3) is 11.1 Å². The first-order valence-electron chi connectivity index (χ1n) is 17.8. The van der Waals surface area contributed by atoms with Crippen molar-refractivity contribution in [3.05, 3.63) is 128 Å². The molecule has 4 aliphatic rings. The number of benzene rings is 2. The Morgan fingerprint density at radius 3 is 0.827 bits per heavy atom. The number of ketones is 6. The SMILES string of the molecule is CC(C)(C)C1=CC(=C2C(=O)c3ccc(-c4ccc5c(c4)C(=O)C(=C4C=C(C(C)(C)C)C(=O)C(C(C)(C)C)=C4)C5=O)cc3C2=O)C=C(C(C)(C)C)C1=O. The number of allylic oxidation sites excluding steroid dienone is 12. The number of fused-ring (bicyclic) bond motifs is 2. The molecule has 0 saturated carbocycles. The Kier molecular flexibility index (Phi) is 8.26. The van der Waals surface area contributed by atoms with Gasteiger partial charge < -0.3 is 0 Å². The maximum Gasteiger partial charge on any atom is 0.198 e. The molecule has 0 radical (unpaired) electrons.